The number of hydrogen-bond acceptors (Lipinski definition) is 3. The fourth-order valence-electron chi connectivity index (χ4n) is 3.04. The van der Waals surface area contributed by atoms with E-state index in [9.17, 15) is 5.11 Å². The van der Waals surface area contributed by atoms with Crippen LogP contribution in [0.5, 0.6) is 0 Å². The average Bonchev–Trinajstić information content (AvgIpc) is 2.44. The summed E-state index contributed by atoms with van der Waals surface area (Å²) in [6.07, 6.45) is 2.90. The highest BCUT2D eigenvalue weighted by atomic mass is 16.5. The molecule has 0 bridgehead atoms. The zero-order valence-electron chi connectivity index (χ0n) is 10.7. The highest BCUT2D eigenvalue weighted by Gasteiger charge is 2.25. The van der Waals surface area contributed by atoms with Gasteiger partial charge >= 0.3 is 0 Å². The van der Waals surface area contributed by atoms with E-state index < -0.39 is 0 Å². The molecular formula is C15H21NO2. The Hall–Kier alpha value is -1.06. The maximum atomic E-state index is 10.0. The van der Waals surface area contributed by atoms with Crippen LogP contribution in [0.1, 0.15) is 30.9 Å². The van der Waals surface area contributed by atoms with Gasteiger partial charge in [-0.15, -0.1) is 0 Å². The van der Waals surface area contributed by atoms with Crippen molar-refractivity contribution in [2.24, 2.45) is 5.92 Å². The summed E-state index contributed by atoms with van der Waals surface area (Å²) in [6.45, 7) is 3.88. The molecule has 98 valence electrons. The zero-order valence-corrected chi connectivity index (χ0v) is 10.7. The van der Waals surface area contributed by atoms with Gasteiger partial charge in [-0.25, -0.2) is 0 Å². The van der Waals surface area contributed by atoms with E-state index in [0.717, 1.165) is 44.2 Å². The van der Waals surface area contributed by atoms with Gasteiger partial charge in [0.25, 0.3) is 0 Å². The minimum absolute atomic E-state index is 0.285. The van der Waals surface area contributed by atoms with Crippen LogP contribution in [0.25, 0.3) is 0 Å². The molecule has 0 saturated carbocycles. The molecule has 1 atom stereocenters. The lowest BCUT2D eigenvalue weighted by Crippen LogP contribution is -2.37. The first-order valence-electron chi connectivity index (χ1n) is 6.94. The first kappa shape index (κ1) is 12.0. The number of anilines is 1. The number of hydrogen-bond donors (Lipinski definition) is 1. The van der Waals surface area contributed by atoms with Crippen LogP contribution in [0.2, 0.25) is 0 Å². The summed E-state index contributed by atoms with van der Waals surface area (Å²) in [7, 11) is 0. The molecule has 0 aromatic heterocycles. The van der Waals surface area contributed by atoms with Crippen molar-refractivity contribution >= 4 is 5.69 Å². The van der Waals surface area contributed by atoms with Crippen molar-refractivity contribution in [2.75, 3.05) is 31.2 Å². The molecule has 2 heterocycles. The second-order valence-corrected chi connectivity index (χ2v) is 5.37. The Balaban J connectivity index is 1.75. The highest BCUT2D eigenvalue weighted by molar-refractivity contribution is 5.56. The van der Waals surface area contributed by atoms with Crippen LogP contribution in [0.15, 0.2) is 24.3 Å². The standard InChI is InChI=1S/C15H21NO2/c17-15-5-8-16(11-12-6-9-18-10-7-12)14-4-2-1-3-13(14)15/h1-4,12,15,17H,5-11H2. The van der Waals surface area contributed by atoms with E-state index >= 15 is 0 Å². The first-order chi connectivity index (χ1) is 8.84. The molecule has 3 rings (SSSR count). The summed E-state index contributed by atoms with van der Waals surface area (Å²) in [4.78, 5) is 2.44. The molecule has 2 aliphatic heterocycles. The Bertz CT molecular complexity index is 401. The van der Waals surface area contributed by atoms with Gasteiger partial charge in [-0.2, -0.15) is 0 Å². The second-order valence-electron chi connectivity index (χ2n) is 5.37. The molecule has 0 amide bonds. The number of aliphatic hydroxyl groups is 1. The van der Waals surface area contributed by atoms with E-state index in [2.05, 4.69) is 23.1 Å². The Morgan fingerprint density at radius 2 is 1.94 bits per heavy atom. The van der Waals surface area contributed by atoms with E-state index in [1.807, 2.05) is 6.07 Å². The van der Waals surface area contributed by atoms with Crippen LogP contribution in [0.3, 0.4) is 0 Å². The monoisotopic (exact) mass is 247 g/mol. The normalized spacial score (nSPS) is 24.9. The van der Waals surface area contributed by atoms with Crippen molar-refractivity contribution in [1.82, 2.24) is 0 Å². The van der Waals surface area contributed by atoms with Crippen molar-refractivity contribution in [3.63, 3.8) is 0 Å². The van der Waals surface area contributed by atoms with Gasteiger partial charge in [0.1, 0.15) is 0 Å². The molecule has 3 nitrogen and oxygen atoms in total. The van der Waals surface area contributed by atoms with E-state index in [1.54, 1.807) is 0 Å². The van der Waals surface area contributed by atoms with Crippen molar-refractivity contribution in [3.8, 4) is 0 Å². The number of para-hydroxylation sites is 1. The first-order valence-corrected chi connectivity index (χ1v) is 6.94. The van der Waals surface area contributed by atoms with E-state index in [1.165, 1.54) is 18.5 Å². The summed E-state index contributed by atoms with van der Waals surface area (Å²) in [6, 6.07) is 8.26. The molecule has 3 heteroatoms. The number of nitrogens with zero attached hydrogens (tertiary/aromatic N) is 1. The summed E-state index contributed by atoms with van der Waals surface area (Å²) in [5.74, 6) is 0.738. The van der Waals surface area contributed by atoms with E-state index in [0.29, 0.717) is 0 Å². The maximum absolute atomic E-state index is 10.0. The molecular weight excluding hydrogens is 226 g/mol. The molecule has 1 aromatic carbocycles. The topological polar surface area (TPSA) is 32.7 Å². The minimum Gasteiger partial charge on any atom is -0.388 e. The van der Waals surface area contributed by atoms with Crippen LogP contribution < -0.4 is 4.90 Å². The molecule has 2 aliphatic rings. The zero-order chi connectivity index (χ0) is 12.4. The Morgan fingerprint density at radius 1 is 1.17 bits per heavy atom. The lowest BCUT2D eigenvalue weighted by Gasteiger charge is -2.37. The van der Waals surface area contributed by atoms with Crippen LogP contribution in [-0.2, 0) is 4.74 Å². The summed E-state index contributed by atoms with van der Waals surface area (Å²) in [5.41, 5.74) is 2.32. The third-order valence-corrected chi connectivity index (χ3v) is 4.13. The number of fused-ring (bicyclic) bond motifs is 1. The van der Waals surface area contributed by atoms with Gasteiger partial charge in [0.2, 0.25) is 0 Å². The van der Waals surface area contributed by atoms with Crippen LogP contribution in [-0.4, -0.2) is 31.4 Å². The second kappa shape index (κ2) is 5.29. The molecule has 0 spiro atoms. The molecule has 0 radical (unpaired) electrons. The molecule has 1 saturated heterocycles. The smallest absolute Gasteiger partial charge is 0.0826 e. The molecule has 1 N–H and O–H groups in total. The van der Waals surface area contributed by atoms with Crippen molar-refractivity contribution in [3.05, 3.63) is 29.8 Å². The lowest BCUT2D eigenvalue weighted by molar-refractivity contribution is 0.0675. The molecule has 1 fully saturated rings. The number of aliphatic hydroxyl groups excluding tert-OH is 1. The van der Waals surface area contributed by atoms with Gasteiger partial charge in [0.05, 0.1) is 6.10 Å². The van der Waals surface area contributed by atoms with Gasteiger partial charge in [0, 0.05) is 37.6 Å². The van der Waals surface area contributed by atoms with Gasteiger partial charge in [-0.1, -0.05) is 18.2 Å². The van der Waals surface area contributed by atoms with Crippen molar-refractivity contribution in [2.45, 2.75) is 25.4 Å². The number of rotatable bonds is 2. The van der Waals surface area contributed by atoms with Crippen LogP contribution in [0, 0.1) is 5.92 Å². The van der Waals surface area contributed by atoms with Gasteiger partial charge in [-0.3, -0.25) is 0 Å². The molecule has 1 unspecified atom stereocenters. The van der Waals surface area contributed by atoms with Crippen molar-refractivity contribution in [1.29, 1.82) is 0 Å². The van der Waals surface area contributed by atoms with E-state index in [4.69, 9.17) is 4.74 Å². The summed E-state index contributed by atoms with van der Waals surface area (Å²) in [5, 5.41) is 10.0. The Labute approximate surface area is 108 Å². The Kier molecular flexibility index (Phi) is 3.52. The van der Waals surface area contributed by atoms with Crippen LogP contribution in [0.4, 0.5) is 5.69 Å². The molecule has 18 heavy (non-hydrogen) atoms. The summed E-state index contributed by atoms with van der Waals surface area (Å²) >= 11 is 0. The highest BCUT2D eigenvalue weighted by Crippen LogP contribution is 2.34. The van der Waals surface area contributed by atoms with E-state index in [-0.39, 0.29) is 6.10 Å². The third-order valence-electron chi connectivity index (χ3n) is 4.13. The Morgan fingerprint density at radius 3 is 2.78 bits per heavy atom. The van der Waals surface area contributed by atoms with Crippen LogP contribution >= 0.6 is 0 Å². The fourth-order valence-corrected chi connectivity index (χ4v) is 3.04. The van der Waals surface area contributed by atoms with Crippen molar-refractivity contribution < 1.29 is 9.84 Å². The maximum Gasteiger partial charge on any atom is 0.0826 e. The average molecular weight is 247 g/mol. The fraction of sp³-hybridized carbons (Fsp3) is 0.600. The quantitative estimate of drug-likeness (QED) is 0.871. The molecule has 0 aliphatic carbocycles. The van der Waals surface area contributed by atoms with Gasteiger partial charge in [0.15, 0.2) is 0 Å². The minimum atomic E-state index is -0.285. The number of benzene rings is 1. The predicted octanol–water partition coefficient (Wildman–Crippen LogP) is 2.36. The summed E-state index contributed by atoms with van der Waals surface area (Å²) < 4.78 is 5.42. The van der Waals surface area contributed by atoms with Gasteiger partial charge < -0.3 is 14.7 Å². The lowest BCUT2D eigenvalue weighted by atomic mass is 9.95. The third kappa shape index (κ3) is 2.38. The molecule has 1 aromatic rings. The predicted molar refractivity (Wildman–Crippen MR) is 71.8 cm³/mol. The SMILES string of the molecule is OC1CCN(CC2CCOCC2)c2ccccc21. The van der Waals surface area contributed by atoms with Gasteiger partial charge in [-0.05, 0) is 31.2 Å². The largest absolute Gasteiger partial charge is 0.388 e. The number of ether oxygens (including phenoxy) is 1.